The van der Waals surface area contributed by atoms with Crippen LogP contribution in [0.25, 0.3) is 0 Å². The molecule has 0 radical (unpaired) electrons. The fourth-order valence-corrected chi connectivity index (χ4v) is 1.66. The van der Waals surface area contributed by atoms with Gasteiger partial charge in [-0.05, 0) is 19.4 Å². The fourth-order valence-electron chi connectivity index (χ4n) is 1.66. The number of rotatable bonds is 7. The Balaban J connectivity index is 2.56. The molecular weight excluding hydrogens is 304 g/mol. The maximum absolute atomic E-state index is 11.9. The van der Waals surface area contributed by atoms with Gasteiger partial charge in [-0.25, -0.2) is 4.79 Å². The third-order valence-electron chi connectivity index (χ3n) is 2.98. The topological polar surface area (TPSA) is 125 Å². The summed E-state index contributed by atoms with van der Waals surface area (Å²) in [5.74, 6) is -2.04. The number of carboxylic acids is 1. The minimum atomic E-state index is -1.32. The number of benzene rings is 1. The summed E-state index contributed by atoms with van der Waals surface area (Å²) in [6.45, 7) is 2.58. The molecule has 0 aliphatic heterocycles. The van der Waals surface area contributed by atoms with Gasteiger partial charge in [0.2, 0.25) is 5.91 Å². The number of hydrogen-bond donors (Lipinski definition) is 4. The van der Waals surface area contributed by atoms with E-state index in [-0.39, 0.29) is 6.61 Å². The Bertz CT molecular complexity index is 546. The summed E-state index contributed by atoms with van der Waals surface area (Å²) in [7, 11) is 0. The van der Waals surface area contributed by atoms with Crippen LogP contribution in [0.15, 0.2) is 30.3 Å². The molecule has 1 aromatic carbocycles. The lowest BCUT2D eigenvalue weighted by molar-refractivity contribution is -0.142. The molecule has 1 rings (SSSR count). The highest BCUT2D eigenvalue weighted by Gasteiger charge is 2.28. The Hall–Kier alpha value is -2.61. The van der Waals surface area contributed by atoms with Crippen LogP contribution in [0, 0.1) is 0 Å². The number of aliphatic hydroxyl groups is 1. The van der Waals surface area contributed by atoms with Gasteiger partial charge in [-0.1, -0.05) is 30.3 Å². The van der Waals surface area contributed by atoms with Crippen LogP contribution >= 0.6 is 0 Å². The van der Waals surface area contributed by atoms with Crippen LogP contribution in [0.3, 0.4) is 0 Å². The minimum absolute atomic E-state index is 0.00630. The molecule has 0 fully saturated rings. The number of nitrogens with one attached hydrogen (secondary N) is 2. The van der Waals surface area contributed by atoms with Crippen LogP contribution in [0.5, 0.6) is 0 Å². The van der Waals surface area contributed by atoms with E-state index < -0.39 is 36.2 Å². The predicted octanol–water partition coefficient (Wildman–Crippen LogP) is 0.251. The van der Waals surface area contributed by atoms with E-state index in [1.165, 1.54) is 13.8 Å². The van der Waals surface area contributed by atoms with Gasteiger partial charge in [0.25, 0.3) is 0 Å². The highest BCUT2D eigenvalue weighted by Crippen LogP contribution is 2.02. The molecular formula is C15H20N2O6. The van der Waals surface area contributed by atoms with Gasteiger partial charge in [-0.2, -0.15) is 0 Å². The molecule has 0 spiro atoms. The zero-order valence-electron chi connectivity index (χ0n) is 12.9. The highest BCUT2D eigenvalue weighted by molar-refractivity contribution is 5.89. The standard InChI is InChI=1S/C15H20N2O6/c1-9(14(20)21)16-13(19)12(10(2)18)17-15(22)23-8-11-6-4-3-5-7-11/h3-7,9-10,12,18H,8H2,1-2H3,(H,16,19)(H,17,22)(H,20,21)/t9-,10+,12-/m0/s1. The molecule has 0 bridgehead atoms. The molecule has 0 heterocycles. The second-order valence-corrected chi connectivity index (χ2v) is 4.99. The van der Waals surface area contributed by atoms with Crippen molar-refractivity contribution in [2.75, 3.05) is 0 Å². The average molecular weight is 324 g/mol. The zero-order valence-corrected chi connectivity index (χ0v) is 12.9. The number of hydrogen-bond acceptors (Lipinski definition) is 5. The maximum Gasteiger partial charge on any atom is 0.408 e. The number of aliphatic carboxylic acids is 1. The van der Waals surface area contributed by atoms with Crippen LogP contribution in [-0.2, 0) is 20.9 Å². The largest absolute Gasteiger partial charge is 0.480 e. The number of carbonyl (C=O) groups is 3. The van der Waals surface area contributed by atoms with Crippen LogP contribution in [-0.4, -0.2) is 46.4 Å². The molecule has 3 atom stereocenters. The van der Waals surface area contributed by atoms with Crippen LogP contribution in [0.4, 0.5) is 4.79 Å². The summed E-state index contributed by atoms with van der Waals surface area (Å²) >= 11 is 0. The number of alkyl carbamates (subject to hydrolysis) is 1. The van der Waals surface area contributed by atoms with Gasteiger partial charge in [0, 0.05) is 0 Å². The van der Waals surface area contributed by atoms with E-state index in [1.807, 2.05) is 6.07 Å². The summed E-state index contributed by atoms with van der Waals surface area (Å²) < 4.78 is 4.95. The highest BCUT2D eigenvalue weighted by atomic mass is 16.5. The summed E-state index contributed by atoms with van der Waals surface area (Å²) in [5, 5.41) is 22.7. The Morgan fingerprint density at radius 2 is 1.74 bits per heavy atom. The third kappa shape index (κ3) is 6.35. The van der Waals surface area contributed by atoms with E-state index in [2.05, 4.69) is 10.6 Å². The molecule has 2 amide bonds. The molecule has 0 unspecified atom stereocenters. The van der Waals surface area contributed by atoms with E-state index in [1.54, 1.807) is 24.3 Å². The first-order valence-corrected chi connectivity index (χ1v) is 6.99. The van der Waals surface area contributed by atoms with E-state index in [0.717, 1.165) is 5.56 Å². The Kier molecular flexibility index (Phi) is 7.01. The van der Waals surface area contributed by atoms with Gasteiger partial charge in [0.15, 0.2) is 0 Å². The first kappa shape index (κ1) is 18.4. The summed E-state index contributed by atoms with van der Waals surface area (Å²) in [5.41, 5.74) is 0.764. The van der Waals surface area contributed by atoms with E-state index in [9.17, 15) is 19.5 Å². The molecule has 1 aromatic rings. The van der Waals surface area contributed by atoms with Crippen molar-refractivity contribution in [3.8, 4) is 0 Å². The Morgan fingerprint density at radius 1 is 1.13 bits per heavy atom. The molecule has 8 nitrogen and oxygen atoms in total. The summed E-state index contributed by atoms with van der Waals surface area (Å²) in [6, 6.07) is 6.46. The van der Waals surface area contributed by atoms with Gasteiger partial charge >= 0.3 is 12.1 Å². The number of carbonyl (C=O) groups excluding carboxylic acids is 2. The van der Waals surface area contributed by atoms with Gasteiger partial charge in [0.1, 0.15) is 18.7 Å². The second-order valence-electron chi connectivity index (χ2n) is 4.99. The third-order valence-corrected chi connectivity index (χ3v) is 2.98. The predicted molar refractivity (Wildman–Crippen MR) is 80.5 cm³/mol. The molecule has 0 saturated carbocycles. The molecule has 0 saturated heterocycles. The van der Waals surface area contributed by atoms with Crippen molar-refractivity contribution in [1.29, 1.82) is 0 Å². The van der Waals surface area contributed by atoms with Crippen molar-refractivity contribution in [3.05, 3.63) is 35.9 Å². The zero-order chi connectivity index (χ0) is 17.4. The average Bonchev–Trinajstić information content (AvgIpc) is 2.51. The summed E-state index contributed by atoms with van der Waals surface area (Å²) in [6.07, 6.45) is -2.11. The smallest absolute Gasteiger partial charge is 0.408 e. The monoisotopic (exact) mass is 324 g/mol. The van der Waals surface area contributed by atoms with Gasteiger partial charge in [-0.3, -0.25) is 9.59 Å². The quantitative estimate of drug-likeness (QED) is 0.570. The first-order chi connectivity index (χ1) is 10.8. The number of aliphatic hydroxyl groups excluding tert-OH is 1. The van der Waals surface area contributed by atoms with Crippen molar-refractivity contribution in [3.63, 3.8) is 0 Å². The fraction of sp³-hybridized carbons (Fsp3) is 0.400. The Morgan fingerprint density at radius 3 is 2.26 bits per heavy atom. The molecule has 0 aliphatic rings. The summed E-state index contributed by atoms with van der Waals surface area (Å²) in [4.78, 5) is 34.3. The van der Waals surface area contributed by atoms with E-state index >= 15 is 0 Å². The normalized spacial score (nSPS) is 14.2. The SMILES string of the molecule is C[C@H](NC(=O)[C@@H](NC(=O)OCc1ccccc1)[C@@H](C)O)C(=O)O. The van der Waals surface area contributed by atoms with E-state index in [4.69, 9.17) is 9.84 Å². The molecule has 23 heavy (non-hydrogen) atoms. The number of carboxylic acid groups (broad SMARTS) is 1. The van der Waals surface area contributed by atoms with Gasteiger partial charge in [-0.15, -0.1) is 0 Å². The van der Waals surface area contributed by atoms with Crippen LogP contribution in [0.1, 0.15) is 19.4 Å². The van der Waals surface area contributed by atoms with Gasteiger partial charge < -0.3 is 25.6 Å². The lowest BCUT2D eigenvalue weighted by atomic mass is 10.1. The van der Waals surface area contributed by atoms with Gasteiger partial charge in [0.05, 0.1) is 6.10 Å². The Labute approximate surface area is 133 Å². The maximum atomic E-state index is 11.9. The molecule has 4 N–H and O–H groups in total. The van der Waals surface area contributed by atoms with Crippen molar-refractivity contribution < 1.29 is 29.3 Å². The van der Waals surface area contributed by atoms with Crippen molar-refractivity contribution in [1.82, 2.24) is 10.6 Å². The molecule has 8 heteroatoms. The molecule has 0 aromatic heterocycles. The lowest BCUT2D eigenvalue weighted by Crippen LogP contribution is -2.55. The minimum Gasteiger partial charge on any atom is -0.480 e. The molecule has 126 valence electrons. The van der Waals surface area contributed by atoms with E-state index in [0.29, 0.717) is 0 Å². The van der Waals surface area contributed by atoms with Crippen LogP contribution in [0.2, 0.25) is 0 Å². The van der Waals surface area contributed by atoms with Crippen molar-refractivity contribution >= 4 is 18.0 Å². The first-order valence-electron chi connectivity index (χ1n) is 6.99. The van der Waals surface area contributed by atoms with Crippen LogP contribution < -0.4 is 10.6 Å². The van der Waals surface area contributed by atoms with Crippen molar-refractivity contribution in [2.24, 2.45) is 0 Å². The lowest BCUT2D eigenvalue weighted by Gasteiger charge is -2.21. The second kappa shape index (κ2) is 8.74. The number of ether oxygens (including phenoxy) is 1. The number of amides is 2. The van der Waals surface area contributed by atoms with Crippen molar-refractivity contribution in [2.45, 2.75) is 38.6 Å². The molecule has 0 aliphatic carbocycles.